The van der Waals surface area contributed by atoms with E-state index in [-0.39, 0.29) is 29.3 Å². The molecule has 2 aromatic rings. The number of sulfone groups is 1. The molecule has 0 aromatic heterocycles. The summed E-state index contributed by atoms with van der Waals surface area (Å²) in [6, 6.07) is 13.0. The fraction of sp³-hybridized carbons (Fsp3) is 0.222. The highest BCUT2D eigenvalue weighted by Gasteiger charge is 2.31. The third-order valence-corrected chi connectivity index (χ3v) is 5.81. The van der Waals surface area contributed by atoms with Crippen LogP contribution in [0.15, 0.2) is 53.4 Å². The van der Waals surface area contributed by atoms with E-state index in [1.807, 2.05) is 0 Å². The molecule has 0 saturated heterocycles. The van der Waals surface area contributed by atoms with Gasteiger partial charge in [0.25, 0.3) is 0 Å². The van der Waals surface area contributed by atoms with Gasteiger partial charge < -0.3 is 15.0 Å². The number of rotatable bonds is 4. The number of carbonyl (C=O) groups is 2. The van der Waals surface area contributed by atoms with Crippen molar-refractivity contribution >= 4 is 33.0 Å². The molecule has 1 N–H and O–H groups in total. The monoisotopic (exact) mass is 374 g/mol. The zero-order valence-electron chi connectivity index (χ0n) is 14.1. The molecule has 0 unspecified atom stereocenters. The normalized spacial score (nSPS) is 15.7. The van der Waals surface area contributed by atoms with E-state index < -0.39 is 21.7 Å². The van der Waals surface area contributed by atoms with Gasteiger partial charge in [0.1, 0.15) is 12.3 Å². The van der Waals surface area contributed by atoms with Gasteiger partial charge in [-0.25, -0.2) is 8.42 Å². The molecule has 0 atom stereocenters. The second-order valence-corrected chi connectivity index (χ2v) is 7.87. The minimum atomic E-state index is -3.55. The first-order valence-electron chi connectivity index (χ1n) is 7.97. The molecule has 8 heteroatoms. The van der Waals surface area contributed by atoms with E-state index in [0.717, 1.165) is 0 Å². The second-order valence-electron chi connectivity index (χ2n) is 5.79. The smallest absolute Gasteiger partial charge is 0.244 e. The lowest BCUT2D eigenvalue weighted by atomic mass is 10.2. The quantitative estimate of drug-likeness (QED) is 0.882. The van der Waals surface area contributed by atoms with E-state index in [1.54, 1.807) is 43.5 Å². The average molecular weight is 374 g/mol. The highest BCUT2D eigenvalue weighted by molar-refractivity contribution is 7.91. The Morgan fingerprint density at radius 1 is 1.15 bits per heavy atom. The van der Waals surface area contributed by atoms with Crippen molar-refractivity contribution in [3.8, 4) is 5.75 Å². The van der Waals surface area contributed by atoms with Gasteiger partial charge in [-0.15, -0.1) is 0 Å². The van der Waals surface area contributed by atoms with Crippen molar-refractivity contribution in [1.29, 1.82) is 0 Å². The summed E-state index contributed by atoms with van der Waals surface area (Å²) >= 11 is 0. The topological polar surface area (TPSA) is 92.8 Å². The Morgan fingerprint density at radius 2 is 1.85 bits per heavy atom. The van der Waals surface area contributed by atoms with Gasteiger partial charge in [-0.1, -0.05) is 12.1 Å². The van der Waals surface area contributed by atoms with Crippen LogP contribution in [-0.2, 0) is 19.4 Å². The lowest BCUT2D eigenvalue weighted by Crippen LogP contribution is -2.37. The molecule has 1 aliphatic heterocycles. The summed E-state index contributed by atoms with van der Waals surface area (Å²) in [6.45, 7) is -0.266. The van der Waals surface area contributed by atoms with E-state index >= 15 is 0 Å². The zero-order valence-corrected chi connectivity index (χ0v) is 15.0. The van der Waals surface area contributed by atoms with Crippen LogP contribution in [-0.4, -0.2) is 39.6 Å². The molecule has 136 valence electrons. The molecule has 3 rings (SSSR count). The highest BCUT2D eigenvalue weighted by Crippen LogP contribution is 2.30. The third-order valence-electron chi connectivity index (χ3n) is 4.05. The number of methoxy groups -OCH3 is 1. The van der Waals surface area contributed by atoms with Gasteiger partial charge in [0, 0.05) is 12.1 Å². The first kappa shape index (κ1) is 17.9. The van der Waals surface area contributed by atoms with Crippen LogP contribution in [0.1, 0.15) is 6.42 Å². The summed E-state index contributed by atoms with van der Waals surface area (Å²) in [4.78, 5) is 26.1. The van der Waals surface area contributed by atoms with Crippen LogP contribution in [0.5, 0.6) is 5.75 Å². The Hall–Kier alpha value is -2.87. The molecular weight excluding hydrogens is 356 g/mol. The molecule has 0 radical (unpaired) electrons. The predicted molar refractivity (Wildman–Crippen MR) is 97.1 cm³/mol. The summed E-state index contributed by atoms with van der Waals surface area (Å²) in [6.07, 6.45) is -0.160. The van der Waals surface area contributed by atoms with Gasteiger partial charge >= 0.3 is 0 Å². The fourth-order valence-electron chi connectivity index (χ4n) is 2.74. The van der Waals surface area contributed by atoms with Crippen molar-refractivity contribution in [1.82, 2.24) is 0 Å². The standard InChI is InChI=1S/C18H18N2O5S/c1-25-14-8-6-13(7-9-14)19-17(21)12-20-15-4-2-3-5-16(15)26(23,24)11-10-18(20)22/h2-9H,10-12H2,1H3,(H,19,21). The number of carbonyl (C=O) groups excluding carboxylic acids is 2. The van der Waals surface area contributed by atoms with Gasteiger partial charge in [-0.2, -0.15) is 0 Å². The number of ether oxygens (including phenoxy) is 1. The fourth-order valence-corrected chi connectivity index (χ4v) is 4.18. The van der Waals surface area contributed by atoms with Crippen molar-refractivity contribution in [2.24, 2.45) is 0 Å². The predicted octanol–water partition coefficient (Wildman–Crippen LogP) is 1.84. The van der Waals surface area contributed by atoms with Crippen LogP contribution in [0.2, 0.25) is 0 Å². The molecule has 1 heterocycles. The Bertz CT molecular complexity index is 938. The van der Waals surface area contributed by atoms with E-state index in [0.29, 0.717) is 11.4 Å². The third kappa shape index (κ3) is 3.70. The van der Waals surface area contributed by atoms with Crippen molar-refractivity contribution < 1.29 is 22.7 Å². The molecule has 0 spiro atoms. The van der Waals surface area contributed by atoms with Gasteiger partial charge in [-0.05, 0) is 36.4 Å². The van der Waals surface area contributed by atoms with Gasteiger partial charge in [0.15, 0.2) is 9.84 Å². The van der Waals surface area contributed by atoms with Crippen molar-refractivity contribution in [2.45, 2.75) is 11.3 Å². The number of nitrogens with one attached hydrogen (secondary N) is 1. The molecule has 26 heavy (non-hydrogen) atoms. The van der Waals surface area contributed by atoms with Crippen molar-refractivity contribution in [3.63, 3.8) is 0 Å². The van der Waals surface area contributed by atoms with Gasteiger partial charge in [0.2, 0.25) is 11.8 Å². The molecule has 0 saturated carbocycles. The maximum Gasteiger partial charge on any atom is 0.244 e. The number of fused-ring (bicyclic) bond motifs is 1. The zero-order chi connectivity index (χ0) is 18.7. The molecular formula is C18H18N2O5S. The number of nitrogens with zero attached hydrogens (tertiary/aromatic N) is 1. The van der Waals surface area contributed by atoms with E-state index in [9.17, 15) is 18.0 Å². The van der Waals surface area contributed by atoms with E-state index in [4.69, 9.17) is 4.74 Å². The summed E-state index contributed by atoms with van der Waals surface area (Å²) in [5.41, 5.74) is 0.791. The lowest BCUT2D eigenvalue weighted by Gasteiger charge is -2.21. The first-order chi connectivity index (χ1) is 12.4. The highest BCUT2D eigenvalue weighted by atomic mass is 32.2. The Kier molecular flexibility index (Phi) is 4.94. The van der Waals surface area contributed by atoms with Crippen molar-refractivity contribution in [3.05, 3.63) is 48.5 Å². The van der Waals surface area contributed by atoms with Crippen LogP contribution in [0.3, 0.4) is 0 Å². The molecule has 7 nitrogen and oxygen atoms in total. The number of para-hydroxylation sites is 1. The lowest BCUT2D eigenvalue weighted by molar-refractivity contribution is -0.121. The Balaban J connectivity index is 1.83. The summed E-state index contributed by atoms with van der Waals surface area (Å²) in [7, 11) is -2.01. The minimum absolute atomic E-state index is 0.0723. The van der Waals surface area contributed by atoms with Crippen LogP contribution in [0, 0.1) is 0 Å². The number of anilines is 2. The maximum atomic E-state index is 12.4. The number of hydrogen-bond acceptors (Lipinski definition) is 5. The molecule has 2 aromatic carbocycles. The molecule has 1 aliphatic rings. The van der Waals surface area contributed by atoms with Gasteiger partial charge in [0.05, 0.1) is 23.4 Å². The Labute approximate surface area is 151 Å². The molecule has 0 fully saturated rings. The number of hydrogen-bond donors (Lipinski definition) is 1. The number of amides is 2. The van der Waals surface area contributed by atoms with Crippen LogP contribution >= 0.6 is 0 Å². The van der Waals surface area contributed by atoms with Crippen molar-refractivity contribution in [2.75, 3.05) is 29.6 Å². The van der Waals surface area contributed by atoms with E-state index in [1.165, 1.54) is 17.0 Å². The summed E-state index contributed by atoms with van der Waals surface area (Å²) in [5, 5.41) is 2.70. The molecule has 0 aliphatic carbocycles. The second kappa shape index (κ2) is 7.17. The SMILES string of the molecule is COc1ccc(NC(=O)CN2C(=O)CCS(=O)(=O)c3ccccc32)cc1. The summed E-state index contributed by atoms with van der Waals surface area (Å²) in [5.74, 6) is -0.426. The first-order valence-corrected chi connectivity index (χ1v) is 9.62. The minimum Gasteiger partial charge on any atom is -0.497 e. The average Bonchev–Trinajstić information content (AvgIpc) is 2.73. The largest absolute Gasteiger partial charge is 0.497 e. The van der Waals surface area contributed by atoms with Crippen LogP contribution < -0.4 is 15.0 Å². The molecule has 2 amide bonds. The maximum absolute atomic E-state index is 12.4. The number of benzene rings is 2. The van der Waals surface area contributed by atoms with E-state index in [2.05, 4.69) is 5.32 Å². The summed E-state index contributed by atoms with van der Waals surface area (Å²) < 4.78 is 29.7. The Morgan fingerprint density at radius 3 is 2.54 bits per heavy atom. The van der Waals surface area contributed by atoms with Gasteiger partial charge in [-0.3, -0.25) is 9.59 Å². The molecule has 0 bridgehead atoms. The van der Waals surface area contributed by atoms with Crippen LogP contribution in [0.4, 0.5) is 11.4 Å². The van der Waals surface area contributed by atoms with Crippen LogP contribution in [0.25, 0.3) is 0 Å².